The van der Waals surface area contributed by atoms with Gasteiger partial charge >= 0.3 is 0 Å². The lowest BCUT2D eigenvalue weighted by molar-refractivity contribution is 0.284. The smallest absolute Gasteiger partial charge is 0.180 e. The van der Waals surface area contributed by atoms with Gasteiger partial charge in [-0.3, -0.25) is 0 Å². The van der Waals surface area contributed by atoms with Gasteiger partial charge < -0.3 is 14.8 Å². The first-order valence-corrected chi connectivity index (χ1v) is 10.8. The van der Waals surface area contributed by atoms with E-state index in [4.69, 9.17) is 32.7 Å². The molecule has 0 atom stereocenters. The molecule has 0 radical (unpaired) electrons. The van der Waals surface area contributed by atoms with Crippen LogP contribution in [0, 0.1) is 0 Å². The SMILES string of the molecule is CCCCCCCCNCc1cc(Cl)c(OCc2ccc(Cl)cc2)c(OC)c1.Cl. The van der Waals surface area contributed by atoms with Crippen LogP contribution >= 0.6 is 35.6 Å². The molecule has 0 unspecified atom stereocenters. The van der Waals surface area contributed by atoms with Crippen molar-refractivity contribution in [3.05, 3.63) is 57.6 Å². The summed E-state index contributed by atoms with van der Waals surface area (Å²) >= 11 is 12.4. The maximum atomic E-state index is 6.46. The molecule has 29 heavy (non-hydrogen) atoms. The van der Waals surface area contributed by atoms with Crippen LogP contribution in [0.4, 0.5) is 0 Å². The van der Waals surface area contributed by atoms with Crippen molar-refractivity contribution in [1.29, 1.82) is 0 Å². The van der Waals surface area contributed by atoms with Gasteiger partial charge in [0.15, 0.2) is 11.5 Å². The van der Waals surface area contributed by atoms with E-state index in [0.717, 1.165) is 24.2 Å². The van der Waals surface area contributed by atoms with Gasteiger partial charge in [0.1, 0.15) is 6.61 Å². The van der Waals surface area contributed by atoms with E-state index >= 15 is 0 Å². The molecule has 0 amide bonds. The third kappa shape index (κ3) is 9.48. The minimum Gasteiger partial charge on any atom is -0.493 e. The fourth-order valence-electron chi connectivity index (χ4n) is 3.01. The zero-order valence-electron chi connectivity index (χ0n) is 17.3. The van der Waals surface area contributed by atoms with E-state index in [2.05, 4.69) is 12.2 Å². The van der Waals surface area contributed by atoms with Crippen LogP contribution in [0.25, 0.3) is 0 Å². The summed E-state index contributed by atoms with van der Waals surface area (Å²) in [5.74, 6) is 1.22. The average molecular weight is 461 g/mol. The Morgan fingerprint density at radius 1 is 0.897 bits per heavy atom. The number of benzene rings is 2. The lowest BCUT2D eigenvalue weighted by atomic mass is 10.1. The zero-order valence-corrected chi connectivity index (χ0v) is 19.6. The van der Waals surface area contributed by atoms with Crippen LogP contribution < -0.4 is 14.8 Å². The topological polar surface area (TPSA) is 30.5 Å². The lowest BCUT2D eigenvalue weighted by Crippen LogP contribution is -2.14. The number of nitrogens with one attached hydrogen (secondary N) is 1. The maximum Gasteiger partial charge on any atom is 0.180 e. The van der Waals surface area contributed by atoms with Gasteiger partial charge in [0, 0.05) is 11.6 Å². The summed E-state index contributed by atoms with van der Waals surface area (Å²) in [7, 11) is 1.63. The largest absolute Gasteiger partial charge is 0.493 e. The number of hydrogen-bond donors (Lipinski definition) is 1. The van der Waals surface area contributed by atoms with Crippen molar-refractivity contribution in [2.75, 3.05) is 13.7 Å². The molecule has 2 aromatic carbocycles. The van der Waals surface area contributed by atoms with Crippen molar-refractivity contribution < 1.29 is 9.47 Å². The van der Waals surface area contributed by atoms with Crippen LogP contribution in [0.1, 0.15) is 56.6 Å². The third-order valence-electron chi connectivity index (χ3n) is 4.62. The van der Waals surface area contributed by atoms with E-state index in [9.17, 15) is 0 Å². The summed E-state index contributed by atoms with van der Waals surface area (Å²) in [5.41, 5.74) is 2.11. The van der Waals surface area contributed by atoms with Gasteiger partial charge in [0.05, 0.1) is 12.1 Å². The standard InChI is InChI=1S/C23H31Cl2NO2.ClH/c1-3-4-5-6-7-8-13-26-16-19-14-21(25)23(22(15-19)27-2)28-17-18-9-11-20(24)12-10-18;/h9-12,14-15,26H,3-8,13,16-17H2,1-2H3;1H. The van der Waals surface area contributed by atoms with Crippen LogP contribution in [0.15, 0.2) is 36.4 Å². The number of methoxy groups -OCH3 is 1. The Morgan fingerprint density at radius 2 is 1.59 bits per heavy atom. The van der Waals surface area contributed by atoms with Gasteiger partial charge in [0.25, 0.3) is 0 Å². The molecule has 0 aliphatic rings. The molecule has 0 aliphatic heterocycles. The first-order chi connectivity index (χ1) is 13.6. The highest BCUT2D eigenvalue weighted by Gasteiger charge is 2.12. The summed E-state index contributed by atoms with van der Waals surface area (Å²) in [5, 5.41) is 4.75. The van der Waals surface area contributed by atoms with Crippen molar-refractivity contribution in [3.8, 4) is 11.5 Å². The Balaban J connectivity index is 0.00000420. The monoisotopic (exact) mass is 459 g/mol. The van der Waals surface area contributed by atoms with Crippen molar-refractivity contribution in [2.24, 2.45) is 0 Å². The Morgan fingerprint density at radius 3 is 2.28 bits per heavy atom. The van der Waals surface area contributed by atoms with Crippen LogP contribution in [0.2, 0.25) is 10.0 Å². The van der Waals surface area contributed by atoms with E-state index in [1.807, 2.05) is 36.4 Å². The number of rotatable bonds is 13. The molecule has 0 fully saturated rings. The molecule has 0 saturated heterocycles. The fourth-order valence-corrected chi connectivity index (χ4v) is 3.43. The number of hydrogen-bond acceptors (Lipinski definition) is 3. The van der Waals surface area contributed by atoms with Gasteiger partial charge in [-0.05, 0) is 48.4 Å². The Bertz CT molecular complexity index is 708. The molecule has 2 aromatic rings. The molecule has 0 bridgehead atoms. The van der Waals surface area contributed by atoms with E-state index in [1.54, 1.807) is 7.11 Å². The maximum absolute atomic E-state index is 6.46. The quantitative estimate of drug-likeness (QED) is 0.315. The highest BCUT2D eigenvalue weighted by atomic mass is 35.5. The number of halogens is 3. The second-order valence-corrected chi connectivity index (χ2v) is 7.81. The van der Waals surface area contributed by atoms with E-state index in [0.29, 0.717) is 28.2 Å². The van der Waals surface area contributed by atoms with Gasteiger partial charge in [-0.1, -0.05) is 74.4 Å². The highest BCUT2D eigenvalue weighted by Crippen LogP contribution is 2.37. The molecule has 3 nitrogen and oxygen atoms in total. The molecule has 6 heteroatoms. The molecular weight excluding hydrogens is 429 g/mol. The molecular formula is C23H32Cl3NO2. The molecule has 2 rings (SSSR count). The average Bonchev–Trinajstić information content (AvgIpc) is 2.70. The molecule has 0 aliphatic carbocycles. The summed E-state index contributed by atoms with van der Waals surface area (Å²) in [6, 6.07) is 11.5. The molecule has 162 valence electrons. The molecule has 1 N–H and O–H groups in total. The van der Waals surface area contributed by atoms with Crippen molar-refractivity contribution in [2.45, 2.75) is 58.6 Å². The highest BCUT2D eigenvalue weighted by molar-refractivity contribution is 6.32. The van der Waals surface area contributed by atoms with Crippen molar-refractivity contribution in [1.82, 2.24) is 5.32 Å². The molecule has 0 aromatic heterocycles. The van der Waals surface area contributed by atoms with Crippen LogP contribution in [0.3, 0.4) is 0 Å². The third-order valence-corrected chi connectivity index (χ3v) is 5.15. The van der Waals surface area contributed by atoms with Crippen molar-refractivity contribution >= 4 is 35.6 Å². The second-order valence-electron chi connectivity index (χ2n) is 6.97. The first kappa shape index (κ1) is 25.9. The van der Waals surface area contributed by atoms with Gasteiger partial charge in [-0.25, -0.2) is 0 Å². The summed E-state index contributed by atoms with van der Waals surface area (Å²) in [6.45, 7) is 4.43. The first-order valence-electron chi connectivity index (χ1n) is 10.1. The summed E-state index contributed by atoms with van der Waals surface area (Å²) < 4.78 is 11.4. The molecule has 0 saturated carbocycles. The Kier molecular flexibility index (Phi) is 13.2. The number of ether oxygens (including phenoxy) is 2. The van der Waals surface area contributed by atoms with E-state index in [-0.39, 0.29) is 12.4 Å². The Labute approximate surface area is 191 Å². The Hall–Kier alpha value is -1.13. The van der Waals surface area contributed by atoms with Crippen LogP contribution in [-0.4, -0.2) is 13.7 Å². The predicted molar refractivity (Wildman–Crippen MR) is 126 cm³/mol. The summed E-state index contributed by atoms with van der Waals surface area (Å²) in [6.07, 6.45) is 7.81. The summed E-state index contributed by atoms with van der Waals surface area (Å²) in [4.78, 5) is 0. The predicted octanol–water partition coefficient (Wildman–Crippen LogP) is 7.45. The normalized spacial score (nSPS) is 10.5. The molecule has 0 spiro atoms. The van der Waals surface area contributed by atoms with Gasteiger partial charge in [-0.15, -0.1) is 12.4 Å². The fraction of sp³-hybridized carbons (Fsp3) is 0.478. The minimum atomic E-state index is 0. The second kappa shape index (κ2) is 14.8. The zero-order chi connectivity index (χ0) is 20.2. The van der Waals surface area contributed by atoms with E-state index < -0.39 is 0 Å². The van der Waals surface area contributed by atoms with Crippen molar-refractivity contribution in [3.63, 3.8) is 0 Å². The van der Waals surface area contributed by atoms with Gasteiger partial charge in [-0.2, -0.15) is 0 Å². The van der Waals surface area contributed by atoms with Crippen LogP contribution in [0.5, 0.6) is 11.5 Å². The molecule has 0 heterocycles. The minimum absolute atomic E-state index is 0. The number of unbranched alkanes of at least 4 members (excludes halogenated alkanes) is 5. The van der Waals surface area contributed by atoms with Crippen LogP contribution in [-0.2, 0) is 13.2 Å². The van der Waals surface area contributed by atoms with Gasteiger partial charge in [0.2, 0.25) is 0 Å². The van der Waals surface area contributed by atoms with E-state index in [1.165, 1.54) is 38.5 Å². The lowest BCUT2D eigenvalue weighted by Gasteiger charge is -2.15.